The molecule has 0 saturated carbocycles. The predicted octanol–water partition coefficient (Wildman–Crippen LogP) is 2.73. The number of rotatable bonds is 4. The SMILES string of the molecule is COC(=O)N1CC[C@H](NCc2cnc(-c3ccc(Cl)cc3)nc2)C1. The maximum atomic E-state index is 11.5. The summed E-state index contributed by atoms with van der Waals surface area (Å²) >= 11 is 5.89. The number of hydrogen-bond donors (Lipinski definition) is 1. The van der Waals surface area contributed by atoms with E-state index in [4.69, 9.17) is 16.3 Å². The molecule has 0 unspecified atom stereocenters. The molecule has 2 heterocycles. The highest BCUT2D eigenvalue weighted by Gasteiger charge is 2.26. The molecular weight excluding hydrogens is 328 g/mol. The van der Waals surface area contributed by atoms with E-state index in [1.807, 2.05) is 36.7 Å². The van der Waals surface area contributed by atoms with Crippen LogP contribution in [0.3, 0.4) is 0 Å². The molecule has 126 valence electrons. The van der Waals surface area contributed by atoms with Gasteiger partial charge in [-0.15, -0.1) is 0 Å². The number of aromatic nitrogens is 2. The summed E-state index contributed by atoms with van der Waals surface area (Å²) in [6.07, 6.45) is 4.28. The van der Waals surface area contributed by atoms with Crippen LogP contribution in [0.2, 0.25) is 5.02 Å². The molecule has 0 spiro atoms. The summed E-state index contributed by atoms with van der Waals surface area (Å²) in [6.45, 7) is 2.05. The Morgan fingerprint density at radius 2 is 2.04 bits per heavy atom. The van der Waals surface area contributed by atoms with E-state index in [1.54, 1.807) is 4.90 Å². The second-order valence-corrected chi connectivity index (χ2v) is 6.14. The van der Waals surface area contributed by atoms with Gasteiger partial charge in [0.25, 0.3) is 0 Å². The quantitative estimate of drug-likeness (QED) is 0.922. The molecule has 1 aliphatic heterocycles. The normalized spacial score (nSPS) is 17.1. The number of carbonyl (C=O) groups is 1. The molecule has 1 aliphatic rings. The third kappa shape index (κ3) is 4.01. The molecule has 1 aromatic heterocycles. The molecule has 1 fully saturated rings. The summed E-state index contributed by atoms with van der Waals surface area (Å²) in [4.78, 5) is 22.0. The minimum absolute atomic E-state index is 0.264. The molecule has 0 aliphatic carbocycles. The van der Waals surface area contributed by atoms with E-state index in [2.05, 4.69) is 15.3 Å². The second kappa shape index (κ2) is 7.59. The molecule has 1 N–H and O–H groups in total. The first-order chi connectivity index (χ1) is 11.7. The molecule has 7 heteroatoms. The summed E-state index contributed by atoms with van der Waals surface area (Å²) < 4.78 is 4.74. The predicted molar refractivity (Wildman–Crippen MR) is 91.7 cm³/mol. The van der Waals surface area contributed by atoms with E-state index < -0.39 is 0 Å². The largest absolute Gasteiger partial charge is 0.453 e. The van der Waals surface area contributed by atoms with Gasteiger partial charge in [0.15, 0.2) is 5.82 Å². The zero-order chi connectivity index (χ0) is 16.9. The lowest BCUT2D eigenvalue weighted by molar-refractivity contribution is 0.132. The lowest BCUT2D eigenvalue weighted by Gasteiger charge is -2.15. The van der Waals surface area contributed by atoms with Gasteiger partial charge in [-0.2, -0.15) is 0 Å². The number of benzene rings is 1. The van der Waals surface area contributed by atoms with Gasteiger partial charge in [-0.3, -0.25) is 0 Å². The van der Waals surface area contributed by atoms with Crippen LogP contribution < -0.4 is 5.32 Å². The average molecular weight is 347 g/mol. The fourth-order valence-corrected chi connectivity index (χ4v) is 2.80. The molecule has 0 radical (unpaired) electrons. The van der Waals surface area contributed by atoms with Gasteiger partial charge < -0.3 is 15.0 Å². The number of ether oxygens (including phenoxy) is 1. The van der Waals surface area contributed by atoms with Gasteiger partial charge >= 0.3 is 6.09 Å². The average Bonchev–Trinajstić information content (AvgIpc) is 3.09. The van der Waals surface area contributed by atoms with E-state index in [1.165, 1.54) is 7.11 Å². The molecule has 24 heavy (non-hydrogen) atoms. The van der Waals surface area contributed by atoms with Crippen molar-refractivity contribution in [3.05, 3.63) is 47.2 Å². The van der Waals surface area contributed by atoms with Crippen LogP contribution in [0.4, 0.5) is 4.79 Å². The Bertz CT molecular complexity index is 691. The van der Waals surface area contributed by atoms with Gasteiger partial charge in [0.1, 0.15) is 0 Å². The van der Waals surface area contributed by atoms with Crippen LogP contribution in [0.15, 0.2) is 36.7 Å². The summed E-state index contributed by atoms with van der Waals surface area (Å²) in [5.74, 6) is 0.674. The Hall–Kier alpha value is -2.18. The molecule has 1 aromatic carbocycles. The number of likely N-dealkylation sites (tertiary alicyclic amines) is 1. The fourth-order valence-electron chi connectivity index (χ4n) is 2.68. The van der Waals surface area contributed by atoms with E-state index in [0.29, 0.717) is 23.9 Å². The van der Waals surface area contributed by atoms with Crippen LogP contribution in [-0.4, -0.2) is 47.2 Å². The molecule has 1 saturated heterocycles. The molecular formula is C17H19ClN4O2. The number of carbonyl (C=O) groups excluding carboxylic acids is 1. The minimum Gasteiger partial charge on any atom is -0.453 e. The van der Waals surface area contributed by atoms with E-state index in [9.17, 15) is 4.79 Å². The molecule has 0 bridgehead atoms. The minimum atomic E-state index is -0.269. The van der Waals surface area contributed by atoms with Crippen molar-refractivity contribution in [1.29, 1.82) is 0 Å². The maximum Gasteiger partial charge on any atom is 0.409 e. The Balaban J connectivity index is 1.53. The van der Waals surface area contributed by atoms with Crippen LogP contribution in [-0.2, 0) is 11.3 Å². The van der Waals surface area contributed by atoms with Crippen molar-refractivity contribution in [2.45, 2.75) is 19.0 Å². The van der Waals surface area contributed by atoms with Crippen molar-refractivity contribution < 1.29 is 9.53 Å². The highest BCUT2D eigenvalue weighted by atomic mass is 35.5. The molecule has 6 nitrogen and oxygen atoms in total. The van der Waals surface area contributed by atoms with Crippen molar-refractivity contribution in [2.24, 2.45) is 0 Å². The molecule has 3 rings (SSSR count). The van der Waals surface area contributed by atoms with Crippen LogP contribution in [0.5, 0.6) is 0 Å². The topological polar surface area (TPSA) is 67.3 Å². The number of amides is 1. The van der Waals surface area contributed by atoms with Gasteiger partial charge in [-0.25, -0.2) is 14.8 Å². The van der Waals surface area contributed by atoms with Crippen molar-refractivity contribution in [1.82, 2.24) is 20.2 Å². The maximum absolute atomic E-state index is 11.5. The highest BCUT2D eigenvalue weighted by molar-refractivity contribution is 6.30. The number of methoxy groups -OCH3 is 1. The lowest BCUT2D eigenvalue weighted by atomic mass is 10.2. The van der Waals surface area contributed by atoms with Crippen LogP contribution in [0.25, 0.3) is 11.4 Å². The van der Waals surface area contributed by atoms with Crippen molar-refractivity contribution in [2.75, 3.05) is 20.2 Å². The van der Waals surface area contributed by atoms with Gasteiger partial charge in [0.05, 0.1) is 7.11 Å². The zero-order valence-corrected chi connectivity index (χ0v) is 14.2. The van der Waals surface area contributed by atoms with E-state index >= 15 is 0 Å². The Morgan fingerprint density at radius 1 is 1.33 bits per heavy atom. The van der Waals surface area contributed by atoms with Crippen LogP contribution >= 0.6 is 11.6 Å². The molecule has 2 aromatic rings. The Kier molecular flexibility index (Phi) is 5.27. The van der Waals surface area contributed by atoms with Gasteiger partial charge in [0, 0.05) is 54.2 Å². The number of halogens is 1. The smallest absolute Gasteiger partial charge is 0.409 e. The summed E-state index contributed by atoms with van der Waals surface area (Å²) in [6, 6.07) is 7.71. The third-order valence-electron chi connectivity index (χ3n) is 4.02. The zero-order valence-electron chi connectivity index (χ0n) is 13.4. The lowest BCUT2D eigenvalue weighted by Crippen LogP contribution is -2.34. The van der Waals surface area contributed by atoms with Crippen molar-refractivity contribution >= 4 is 17.7 Å². The fraction of sp³-hybridized carbons (Fsp3) is 0.353. The molecule has 1 amide bonds. The Labute approximate surface area is 145 Å². The van der Waals surface area contributed by atoms with Gasteiger partial charge in [-0.1, -0.05) is 11.6 Å². The first-order valence-electron chi connectivity index (χ1n) is 7.79. The van der Waals surface area contributed by atoms with Gasteiger partial charge in [-0.05, 0) is 30.7 Å². The first-order valence-corrected chi connectivity index (χ1v) is 8.16. The van der Waals surface area contributed by atoms with Crippen LogP contribution in [0.1, 0.15) is 12.0 Å². The van der Waals surface area contributed by atoms with Crippen molar-refractivity contribution in [3.8, 4) is 11.4 Å². The number of nitrogens with zero attached hydrogens (tertiary/aromatic N) is 3. The number of hydrogen-bond acceptors (Lipinski definition) is 5. The van der Waals surface area contributed by atoms with E-state index in [-0.39, 0.29) is 12.1 Å². The summed E-state index contributed by atoms with van der Waals surface area (Å²) in [7, 11) is 1.41. The van der Waals surface area contributed by atoms with Crippen LogP contribution in [0, 0.1) is 0 Å². The van der Waals surface area contributed by atoms with Gasteiger partial charge in [0.2, 0.25) is 0 Å². The van der Waals surface area contributed by atoms with Crippen molar-refractivity contribution in [3.63, 3.8) is 0 Å². The highest BCUT2D eigenvalue weighted by Crippen LogP contribution is 2.18. The summed E-state index contributed by atoms with van der Waals surface area (Å²) in [5.41, 5.74) is 1.94. The first kappa shape index (κ1) is 16.7. The third-order valence-corrected chi connectivity index (χ3v) is 4.28. The van der Waals surface area contributed by atoms with E-state index in [0.717, 1.165) is 24.1 Å². The summed E-state index contributed by atoms with van der Waals surface area (Å²) in [5, 5.41) is 4.12. The molecule has 1 atom stereocenters. The monoisotopic (exact) mass is 346 g/mol. The standard InChI is InChI=1S/C17H19ClN4O2/c1-24-17(23)22-7-6-15(11-22)19-8-12-9-20-16(21-10-12)13-2-4-14(18)5-3-13/h2-5,9-10,15,19H,6-8,11H2,1H3/t15-/m0/s1. The second-order valence-electron chi connectivity index (χ2n) is 5.70. The Morgan fingerprint density at radius 3 is 2.71 bits per heavy atom. The number of nitrogens with one attached hydrogen (secondary N) is 1.